The number of rotatable bonds is 5. The van der Waals surface area contributed by atoms with Crippen LogP contribution in [0.2, 0.25) is 0 Å². The predicted octanol–water partition coefficient (Wildman–Crippen LogP) is 2.84. The number of carbonyl (C=O) groups excluding carboxylic acids is 1. The van der Waals surface area contributed by atoms with Crippen LogP contribution in [-0.2, 0) is 16.1 Å². The largest absolute Gasteiger partial charge is 0.678 e. The fraction of sp³-hybridized carbons (Fsp3) is 0.294. The van der Waals surface area contributed by atoms with E-state index in [0.29, 0.717) is 17.0 Å². The molecular weight excluding hydrogens is 355 g/mol. The second kappa shape index (κ2) is 7.30. The van der Waals surface area contributed by atoms with Gasteiger partial charge < -0.3 is 9.21 Å². The van der Waals surface area contributed by atoms with E-state index in [9.17, 15) is 13.4 Å². The van der Waals surface area contributed by atoms with Gasteiger partial charge in [-0.05, 0) is 50.1 Å². The van der Waals surface area contributed by atoms with E-state index >= 15 is 0 Å². The van der Waals surface area contributed by atoms with Gasteiger partial charge in [-0.2, -0.15) is 0 Å². The van der Waals surface area contributed by atoms with Gasteiger partial charge in [0.1, 0.15) is 12.2 Å². The minimum absolute atomic E-state index is 0.146. The third-order valence-electron chi connectivity index (χ3n) is 4.26. The van der Waals surface area contributed by atoms with E-state index in [1.54, 1.807) is 19.1 Å². The highest BCUT2D eigenvalue weighted by molar-refractivity contribution is 6.42. The van der Waals surface area contributed by atoms with Gasteiger partial charge in [0.25, 0.3) is 0 Å². The summed E-state index contributed by atoms with van der Waals surface area (Å²) in [5.41, 5.74) is 3.89. The molecule has 0 fully saturated rings. The van der Waals surface area contributed by atoms with Crippen LogP contribution in [0.15, 0.2) is 40.7 Å². The summed E-state index contributed by atoms with van der Waals surface area (Å²) in [6, 6.07) is 3.17. The third-order valence-corrected chi connectivity index (χ3v) is 4.26. The Labute approximate surface area is 155 Å². The Bertz CT molecular complexity index is 987. The molecule has 1 aliphatic heterocycles. The number of hydrogen-bond donors (Lipinski definition) is 0. The van der Waals surface area contributed by atoms with Gasteiger partial charge in [0.2, 0.25) is 0 Å². The maximum absolute atomic E-state index is 13.9. The van der Waals surface area contributed by atoms with Gasteiger partial charge in [-0.15, -0.1) is 5.10 Å². The summed E-state index contributed by atoms with van der Waals surface area (Å²) < 4.78 is 34.4. The van der Waals surface area contributed by atoms with Gasteiger partial charge >= 0.3 is 13.4 Å². The van der Waals surface area contributed by atoms with Crippen LogP contribution < -0.4 is 0 Å². The summed E-state index contributed by atoms with van der Waals surface area (Å²) in [6.45, 7) is 5.38. The summed E-state index contributed by atoms with van der Waals surface area (Å²) in [7, 11) is -1.52. The van der Waals surface area contributed by atoms with Crippen molar-refractivity contribution in [1.82, 2.24) is 19.5 Å². The van der Waals surface area contributed by atoms with Crippen molar-refractivity contribution < 1.29 is 18.2 Å². The van der Waals surface area contributed by atoms with Gasteiger partial charge in [0.05, 0.1) is 24.7 Å². The van der Waals surface area contributed by atoms with Crippen molar-refractivity contribution in [3.63, 3.8) is 0 Å². The first-order valence-electron chi connectivity index (χ1n) is 8.23. The quantitative estimate of drug-likeness (QED) is 0.597. The van der Waals surface area contributed by atoms with Crippen molar-refractivity contribution in [3.05, 3.63) is 41.4 Å². The summed E-state index contributed by atoms with van der Waals surface area (Å²) >= 11 is 0. The molecule has 2 aromatic rings. The second-order valence-corrected chi connectivity index (χ2v) is 6.18. The fourth-order valence-corrected chi connectivity index (χ4v) is 3.04. The number of allylic oxidation sites excluding steroid dienone is 3. The highest BCUT2D eigenvalue weighted by Crippen LogP contribution is 2.32. The Kier molecular flexibility index (Phi) is 5.07. The van der Waals surface area contributed by atoms with Gasteiger partial charge in [0.15, 0.2) is 0 Å². The molecular formula is C17H18BF2N5O2. The average Bonchev–Trinajstić information content (AvgIpc) is 3.31. The molecule has 3 heterocycles. The van der Waals surface area contributed by atoms with Gasteiger partial charge in [-0.3, -0.25) is 18.4 Å². The molecule has 0 amide bonds. The lowest BCUT2D eigenvalue weighted by atomic mass is 10.1. The molecule has 0 saturated carbocycles. The number of carbonyl (C=O) groups is 1. The van der Waals surface area contributed by atoms with Crippen LogP contribution in [0, 0.1) is 0 Å². The summed E-state index contributed by atoms with van der Waals surface area (Å²) in [5, 5.41) is 7.71. The van der Waals surface area contributed by atoms with E-state index < -0.39 is 13.4 Å². The molecule has 10 heteroatoms. The zero-order valence-electron chi connectivity index (χ0n) is 15.4. The zero-order valence-corrected chi connectivity index (χ0v) is 15.4. The zero-order chi connectivity index (χ0) is 19.7. The lowest BCUT2D eigenvalue weighted by molar-refractivity contribution is -0.141. The number of hydrogen-bond acceptors (Lipinski definition) is 5. The van der Waals surface area contributed by atoms with E-state index in [1.807, 2.05) is 19.9 Å². The molecule has 0 atom stereocenters. The Balaban J connectivity index is 2.04. The topological polar surface area (TPSA) is 74.3 Å². The first kappa shape index (κ1) is 18.7. The van der Waals surface area contributed by atoms with Crippen molar-refractivity contribution in [2.75, 3.05) is 7.11 Å². The van der Waals surface area contributed by atoms with Crippen molar-refractivity contribution in [1.29, 1.82) is 0 Å². The highest BCUT2D eigenvalue weighted by atomic mass is 19.2. The maximum atomic E-state index is 13.9. The molecule has 3 rings (SSSR count). The Hall–Kier alpha value is -3.04. The minimum Gasteiger partial charge on any atom is -0.468 e. The monoisotopic (exact) mass is 373 g/mol. The Morgan fingerprint density at radius 1 is 1.30 bits per heavy atom. The van der Waals surface area contributed by atoms with E-state index in [-0.39, 0.29) is 17.9 Å². The predicted molar refractivity (Wildman–Crippen MR) is 98.3 cm³/mol. The normalized spacial score (nSPS) is 15.5. The molecule has 0 saturated heterocycles. The maximum Gasteiger partial charge on any atom is 0.678 e. The van der Waals surface area contributed by atoms with Crippen molar-refractivity contribution in [2.45, 2.75) is 27.3 Å². The SMILES string of the molecule is COC(=O)Cn1cc(-c2ccc(/C(C)=C3\N=C(C)C=C3C)n2B(F)F)nn1. The molecule has 0 aliphatic carbocycles. The van der Waals surface area contributed by atoms with Gasteiger partial charge in [-0.25, -0.2) is 4.68 Å². The fourth-order valence-electron chi connectivity index (χ4n) is 3.04. The van der Waals surface area contributed by atoms with Crippen molar-refractivity contribution >= 4 is 24.7 Å². The van der Waals surface area contributed by atoms with E-state index in [1.165, 1.54) is 18.0 Å². The molecule has 0 aromatic carbocycles. The van der Waals surface area contributed by atoms with E-state index in [0.717, 1.165) is 15.8 Å². The lowest BCUT2D eigenvalue weighted by Gasteiger charge is -2.11. The molecule has 27 heavy (non-hydrogen) atoms. The highest BCUT2D eigenvalue weighted by Gasteiger charge is 2.27. The van der Waals surface area contributed by atoms with Crippen LogP contribution in [0.25, 0.3) is 17.0 Å². The van der Waals surface area contributed by atoms with Crippen LogP contribution in [-0.4, -0.2) is 45.7 Å². The number of methoxy groups -OCH3 is 1. The third kappa shape index (κ3) is 3.60. The van der Waals surface area contributed by atoms with Crippen molar-refractivity contribution in [2.24, 2.45) is 4.99 Å². The Morgan fingerprint density at radius 3 is 2.63 bits per heavy atom. The second-order valence-electron chi connectivity index (χ2n) is 6.18. The number of nitrogens with zero attached hydrogens (tertiary/aromatic N) is 5. The molecule has 0 unspecified atom stereocenters. The van der Waals surface area contributed by atoms with Crippen LogP contribution in [0.1, 0.15) is 26.5 Å². The van der Waals surface area contributed by atoms with Crippen LogP contribution in [0.4, 0.5) is 8.63 Å². The molecule has 2 aromatic heterocycles. The van der Waals surface area contributed by atoms with Gasteiger partial charge in [-0.1, -0.05) is 5.21 Å². The number of aromatic nitrogens is 4. The van der Waals surface area contributed by atoms with Crippen LogP contribution >= 0.6 is 0 Å². The molecule has 0 bridgehead atoms. The summed E-state index contributed by atoms with van der Waals surface area (Å²) in [5.74, 6) is -0.506. The van der Waals surface area contributed by atoms with E-state index in [2.05, 4.69) is 20.0 Å². The first-order chi connectivity index (χ1) is 12.8. The smallest absolute Gasteiger partial charge is 0.468 e. The first-order valence-corrected chi connectivity index (χ1v) is 8.23. The lowest BCUT2D eigenvalue weighted by Crippen LogP contribution is -2.17. The number of aliphatic imine (C=N–C) groups is 1. The molecule has 7 nitrogen and oxygen atoms in total. The minimum atomic E-state index is -2.78. The molecule has 1 aliphatic rings. The van der Waals surface area contributed by atoms with E-state index in [4.69, 9.17) is 0 Å². The summed E-state index contributed by atoms with van der Waals surface area (Å²) in [4.78, 5) is 15.8. The summed E-state index contributed by atoms with van der Waals surface area (Å²) in [6.07, 6.45) is 3.34. The number of esters is 1. The van der Waals surface area contributed by atoms with Crippen LogP contribution in [0.5, 0.6) is 0 Å². The number of halogens is 2. The van der Waals surface area contributed by atoms with Gasteiger partial charge in [0, 0.05) is 11.4 Å². The molecule has 0 N–H and O–H groups in total. The standard InChI is InChI=1S/C17H18BF2N5O2/c1-10-7-11(2)21-17(10)12(3)14-5-6-15(25(14)18(19)20)13-8-24(23-22-13)9-16(26)27-4/h5-8H,9H2,1-4H3/b17-12-. The average molecular weight is 373 g/mol. The van der Waals surface area contributed by atoms with Crippen molar-refractivity contribution in [3.8, 4) is 11.4 Å². The number of ether oxygens (including phenoxy) is 1. The molecule has 0 radical (unpaired) electrons. The molecule has 140 valence electrons. The van der Waals surface area contributed by atoms with Crippen LogP contribution in [0.3, 0.4) is 0 Å². The Morgan fingerprint density at radius 2 is 2.04 bits per heavy atom. The molecule has 0 spiro atoms.